The van der Waals surface area contributed by atoms with Gasteiger partial charge in [0.15, 0.2) is 0 Å². The van der Waals surface area contributed by atoms with Gasteiger partial charge in [-0.2, -0.15) is 0 Å². The van der Waals surface area contributed by atoms with E-state index in [9.17, 15) is 13.2 Å². The van der Waals surface area contributed by atoms with Crippen LogP contribution in [0.15, 0.2) is 102 Å². The van der Waals surface area contributed by atoms with E-state index >= 15 is 0 Å². The molecular weight excluding hydrogens is 420 g/mol. The molecule has 0 aliphatic rings. The summed E-state index contributed by atoms with van der Waals surface area (Å²) >= 11 is -3.54. The van der Waals surface area contributed by atoms with Crippen LogP contribution < -0.4 is 13.1 Å². The average Bonchev–Trinajstić information content (AvgIpc) is 2.70. The summed E-state index contributed by atoms with van der Waals surface area (Å²) in [5, 5.41) is 0. The summed E-state index contributed by atoms with van der Waals surface area (Å²) in [6.07, 6.45) is -4.40. The maximum atomic E-state index is 14.0. The van der Waals surface area contributed by atoms with E-state index < -0.39 is 24.9 Å². The van der Waals surface area contributed by atoms with Crippen LogP contribution in [0.5, 0.6) is 0 Å². The van der Waals surface area contributed by atoms with E-state index in [4.69, 9.17) is 0 Å². The second-order valence-corrected chi connectivity index (χ2v) is 13.6. The van der Waals surface area contributed by atoms with Gasteiger partial charge < -0.3 is 0 Å². The summed E-state index contributed by atoms with van der Waals surface area (Å²) in [6.45, 7) is 3.07. The van der Waals surface area contributed by atoms with Gasteiger partial charge in [-0.25, -0.2) is 0 Å². The van der Waals surface area contributed by atoms with Crippen LogP contribution in [0.1, 0.15) is 13.8 Å². The van der Waals surface area contributed by atoms with Crippen molar-refractivity contribution in [3.05, 3.63) is 102 Å². The summed E-state index contributed by atoms with van der Waals surface area (Å²) < 4.78 is 44.8. The number of hydrogen-bond acceptors (Lipinski definition) is 0. The Morgan fingerprint density at radius 3 is 1.21 bits per heavy atom. The standard InChI is InChI=1S/C24H22AsF3/c1-19(2)23(24(26,27)28)18-25(20-12-6-3-7-13-20,21-14-8-4-9-15-21)22-16-10-5-11-17-22/h3-18H,1-2H3. The van der Waals surface area contributed by atoms with Gasteiger partial charge in [-0.05, 0) is 0 Å². The van der Waals surface area contributed by atoms with Gasteiger partial charge >= 0.3 is 166 Å². The Balaban J connectivity index is 2.52. The molecule has 0 aliphatic heterocycles. The number of hydrogen-bond donors (Lipinski definition) is 0. The van der Waals surface area contributed by atoms with Crippen LogP contribution in [0.2, 0.25) is 0 Å². The maximum absolute atomic E-state index is 14.0. The Morgan fingerprint density at radius 2 is 0.964 bits per heavy atom. The van der Waals surface area contributed by atoms with Crippen LogP contribution in [0.4, 0.5) is 13.2 Å². The van der Waals surface area contributed by atoms with Crippen molar-refractivity contribution >= 4 is 31.0 Å². The van der Waals surface area contributed by atoms with Crippen LogP contribution in [0.3, 0.4) is 0 Å². The molecule has 0 bridgehead atoms. The molecule has 0 saturated heterocycles. The van der Waals surface area contributed by atoms with E-state index in [-0.39, 0.29) is 5.57 Å². The molecule has 0 radical (unpaired) electrons. The first-order chi connectivity index (χ1) is 13.4. The molecule has 0 aliphatic carbocycles. The SMILES string of the molecule is CC(C)=C(C=[As](c1ccccc1)(c1ccccc1)c1ccccc1)C(F)(F)F. The third-order valence-corrected chi connectivity index (χ3v) is 13.0. The first-order valence-corrected chi connectivity index (χ1v) is 12.9. The van der Waals surface area contributed by atoms with E-state index in [0.717, 1.165) is 13.1 Å². The first kappa shape index (κ1) is 20.4. The molecule has 0 nitrogen and oxygen atoms in total. The van der Waals surface area contributed by atoms with Crippen LogP contribution in [-0.4, -0.2) is 24.1 Å². The molecule has 3 aromatic carbocycles. The van der Waals surface area contributed by atoms with E-state index in [2.05, 4.69) is 0 Å². The Kier molecular flexibility index (Phi) is 6.05. The molecule has 144 valence electrons. The molecule has 28 heavy (non-hydrogen) atoms. The molecule has 0 amide bonds. The number of rotatable bonds is 4. The zero-order valence-corrected chi connectivity index (χ0v) is 17.7. The van der Waals surface area contributed by atoms with Gasteiger partial charge in [0.1, 0.15) is 0 Å². The van der Waals surface area contributed by atoms with Crippen molar-refractivity contribution in [2.75, 3.05) is 0 Å². The molecule has 4 heteroatoms. The number of benzene rings is 3. The quantitative estimate of drug-likeness (QED) is 0.525. The number of allylic oxidation sites excluding steroid dienone is 2. The summed E-state index contributed by atoms with van der Waals surface area (Å²) in [5.41, 5.74) is -0.252. The predicted octanol–water partition coefficient (Wildman–Crippen LogP) is 4.44. The van der Waals surface area contributed by atoms with Crippen molar-refractivity contribution in [2.24, 2.45) is 0 Å². The molecule has 3 aromatic rings. The zero-order valence-electron chi connectivity index (χ0n) is 15.8. The third-order valence-electron chi connectivity index (χ3n) is 4.66. The first-order valence-electron chi connectivity index (χ1n) is 9.02. The van der Waals surface area contributed by atoms with Crippen molar-refractivity contribution in [1.29, 1.82) is 0 Å². The van der Waals surface area contributed by atoms with Crippen molar-refractivity contribution in [2.45, 2.75) is 20.0 Å². The summed E-state index contributed by atoms with van der Waals surface area (Å²) in [5.74, 6) is 0. The predicted molar refractivity (Wildman–Crippen MR) is 114 cm³/mol. The average molecular weight is 442 g/mol. The molecule has 0 heterocycles. The molecule has 0 spiro atoms. The fraction of sp³-hybridized carbons (Fsp3) is 0.125. The summed E-state index contributed by atoms with van der Waals surface area (Å²) in [7, 11) is 0. The van der Waals surface area contributed by atoms with Gasteiger partial charge in [-0.3, -0.25) is 0 Å². The molecule has 3 rings (SSSR count). The zero-order chi connectivity index (χ0) is 20.2. The summed E-state index contributed by atoms with van der Waals surface area (Å²) in [4.78, 5) is 1.55. The van der Waals surface area contributed by atoms with Gasteiger partial charge in [0, 0.05) is 0 Å². The Bertz CT molecular complexity index is 895. The Labute approximate surface area is 166 Å². The van der Waals surface area contributed by atoms with Gasteiger partial charge in [0.2, 0.25) is 0 Å². The molecule has 0 fully saturated rings. The van der Waals surface area contributed by atoms with Crippen molar-refractivity contribution < 1.29 is 13.2 Å². The van der Waals surface area contributed by atoms with E-state index in [1.54, 1.807) is 4.81 Å². The van der Waals surface area contributed by atoms with Crippen LogP contribution in [0.25, 0.3) is 0 Å². The van der Waals surface area contributed by atoms with Crippen LogP contribution in [0, 0.1) is 0 Å². The fourth-order valence-electron chi connectivity index (χ4n) is 3.34. The molecule has 0 unspecified atom stereocenters. The van der Waals surface area contributed by atoms with E-state index in [1.807, 2.05) is 91.0 Å². The number of halogens is 3. The fourth-order valence-corrected chi connectivity index (χ4v) is 11.9. The Morgan fingerprint density at radius 1 is 0.643 bits per heavy atom. The normalized spacial score (nSPS) is 11.8. The molecular formula is C24H22AsF3. The van der Waals surface area contributed by atoms with E-state index in [0.29, 0.717) is 0 Å². The van der Waals surface area contributed by atoms with Gasteiger partial charge in [-0.15, -0.1) is 0 Å². The van der Waals surface area contributed by atoms with Crippen molar-refractivity contribution in [3.8, 4) is 0 Å². The van der Waals surface area contributed by atoms with Crippen molar-refractivity contribution in [1.82, 2.24) is 0 Å². The van der Waals surface area contributed by atoms with Gasteiger partial charge in [0.05, 0.1) is 0 Å². The molecule has 0 saturated carbocycles. The second-order valence-electron chi connectivity index (χ2n) is 6.77. The van der Waals surface area contributed by atoms with Crippen LogP contribution in [-0.2, 0) is 0 Å². The third kappa shape index (κ3) is 4.05. The van der Waals surface area contributed by atoms with Gasteiger partial charge in [0.25, 0.3) is 0 Å². The molecule has 0 aromatic heterocycles. The Hall–Kier alpha value is -2.38. The van der Waals surface area contributed by atoms with Crippen molar-refractivity contribution in [3.63, 3.8) is 0 Å². The topological polar surface area (TPSA) is 0 Å². The summed E-state index contributed by atoms with van der Waals surface area (Å²) in [6, 6.07) is 28.9. The second kappa shape index (κ2) is 8.32. The van der Waals surface area contributed by atoms with E-state index in [1.165, 1.54) is 13.8 Å². The minimum absolute atomic E-state index is 0.279. The minimum atomic E-state index is -4.40. The van der Waals surface area contributed by atoms with Gasteiger partial charge in [-0.1, -0.05) is 0 Å². The molecule has 0 N–H and O–H groups in total. The monoisotopic (exact) mass is 442 g/mol. The van der Waals surface area contributed by atoms with Crippen LogP contribution >= 0.6 is 0 Å². The molecule has 0 atom stereocenters. The number of alkyl halides is 3.